The number of benzene rings is 1. The van der Waals surface area contributed by atoms with Gasteiger partial charge < -0.3 is 10.2 Å². The molecule has 0 aliphatic carbocycles. The molecule has 0 radical (unpaired) electrons. The van der Waals surface area contributed by atoms with Crippen LogP contribution in [0, 0.1) is 0 Å². The highest BCUT2D eigenvalue weighted by molar-refractivity contribution is 5.83. The number of rotatable bonds is 4. The average molecular weight is 275 g/mol. The van der Waals surface area contributed by atoms with Crippen LogP contribution in [-0.2, 0) is 4.79 Å². The van der Waals surface area contributed by atoms with E-state index in [1.54, 1.807) is 0 Å². The molecule has 1 aromatic rings. The van der Waals surface area contributed by atoms with Crippen LogP contribution in [0.2, 0.25) is 0 Å². The molecule has 20 heavy (non-hydrogen) atoms. The van der Waals surface area contributed by atoms with Crippen molar-refractivity contribution >= 4 is 5.91 Å². The molecule has 0 bridgehead atoms. The zero-order valence-electron chi connectivity index (χ0n) is 12.7. The van der Waals surface area contributed by atoms with Crippen LogP contribution in [0.4, 0.5) is 0 Å². The lowest BCUT2D eigenvalue weighted by Crippen LogP contribution is -2.49. The van der Waals surface area contributed by atoms with Crippen molar-refractivity contribution in [3.63, 3.8) is 0 Å². The number of hydrogen-bond acceptors (Lipinski definition) is 3. The van der Waals surface area contributed by atoms with Crippen LogP contribution in [-0.4, -0.2) is 56.0 Å². The highest BCUT2D eigenvalue weighted by atomic mass is 16.2. The van der Waals surface area contributed by atoms with Gasteiger partial charge in [-0.25, -0.2) is 0 Å². The Bertz CT molecular complexity index is 433. The Labute approximate surface area is 121 Å². The minimum Gasteiger partial charge on any atom is -0.350 e. The lowest BCUT2D eigenvalue weighted by Gasteiger charge is -2.32. The van der Waals surface area contributed by atoms with Crippen molar-refractivity contribution in [1.82, 2.24) is 15.1 Å². The molecule has 1 N–H and O–H groups in total. The first-order chi connectivity index (χ1) is 9.58. The predicted octanol–water partition coefficient (Wildman–Crippen LogP) is 1.50. The van der Waals surface area contributed by atoms with Crippen LogP contribution in [0.5, 0.6) is 0 Å². The van der Waals surface area contributed by atoms with Crippen LogP contribution < -0.4 is 5.32 Å². The quantitative estimate of drug-likeness (QED) is 0.904. The normalized spacial score (nSPS) is 21.7. The van der Waals surface area contributed by atoms with E-state index < -0.39 is 0 Å². The van der Waals surface area contributed by atoms with Crippen LogP contribution in [0.15, 0.2) is 30.3 Å². The van der Waals surface area contributed by atoms with Crippen molar-refractivity contribution in [2.24, 2.45) is 0 Å². The fourth-order valence-electron chi connectivity index (χ4n) is 2.88. The third kappa shape index (κ3) is 3.81. The molecule has 2 rings (SSSR count). The van der Waals surface area contributed by atoms with Crippen molar-refractivity contribution < 1.29 is 4.79 Å². The van der Waals surface area contributed by atoms with E-state index in [1.807, 2.05) is 49.3 Å². The number of likely N-dealkylation sites (tertiary alicyclic amines) is 1. The van der Waals surface area contributed by atoms with Gasteiger partial charge in [-0.3, -0.25) is 9.69 Å². The third-order valence-corrected chi connectivity index (χ3v) is 3.85. The molecule has 0 unspecified atom stereocenters. The summed E-state index contributed by atoms with van der Waals surface area (Å²) < 4.78 is 0. The second-order valence-corrected chi connectivity index (χ2v) is 5.89. The Morgan fingerprint density at radius 1 is 1.35 bits per heavy atom. The summed E-state index contributed by atoms with van der Waals surface area (Å²) in [7, 11) is 6.01. The van der Waals surface area contributed by atoms with E-state index in [1.165, 1.54) is 0 Å². The third-order valence-electron chi connectivity index (χ3n) is 3.85. The standard InChI is InChI=1S/C16H25N3O/c1-18(2)15(13-8-5-4-6-9-13)16(20)17-14-10-7-11-19(3)12-14/h4-6,8-9,14-15H,7,10-12H2,1-3H3,(H,17,20)/t14-,15+/m1/s1. The maximum atomic E-state index is 12.6. The summed E-state index contributed by atoms with van der Waals surface area (Å²) in [4.78, 5) is 16.8. The van der Waals surface area contributed by atoms with Crippen molar-refractivity contribution in [2.75, 3.05) is 34.2 Å². The summed E-state index contributed by atoms with van der Waals surface area (Å²) in [6, 6.07) is 10.0. The summed E-state index contributed by atoms with van der Waals surface area (Å²) in [6.45, 7) is 2.07. The molecule has 110 valence electrons. The van der Waals surface area contributed by atoms with Crippen LogP contribution in [0.25, 0.3) is 0 Å². The lowest BCUT2D eigenvalue weighted by atomic mass is 10.0. The molecule has 4 nitrogen and oxygen atoms in total. The number of amides is 1. The number of piperidine rings is 1. The summed E-state index contributed by atoms with van der Waals surface area (Å²) in [5, 5.41) is 3.21. The number of hydrogen-bond donors (Lipinski definition) is 1. The second-order valence-electron chi connectivity index (χ2n) is 5.89. The molecular weight excluding hydrogens is 250 g/mol. The van der Waals surface area contributed by atoms with Gasteiger partial charge in [0.1, 0.15) is 6.04 Å². The number of nitrogens with one attached hydrogen (secondary N) is 1. The Morgan fingerprint density at radius 3 is 2.65 bits per heavy atom. The van der Waals surface area contributed by atoms with Gasteiger partial charge in [-0.05, 0) is 46.1 Å². The van der Waals surface area contributed by atoms with E-state index in [0.717, 1.165) is 31.5 Å². The molecule has 1 heterocycles. The summed E-state index contributed by atoms with van der Waals surface area (Å²) in [5.74, 6) is 0.0986. The van der Waals surface area contributed by atoms with E-state index in [2.05, 4.69) is 17.3 Å². The number of carbonyl (C=O) groups is 1. The molecule has 1 aliphatic rings. The minimum atomic E-state index is -0.219. The summed E-state index contributed by atoms with van der Waals surface area (Å²) >= 11 is 0. The van der Waals surface area contributed by atoms with E-state index in [9.17, 15) is 4.79 Å². The molecule has 1 aromatic carbocycles. The first-order valence-electron chi connectivity index (χ1n) is 7.28. The van der Waals surface area contributed by atoms with E-state index in [-0.39, 0.29) is 18.0 Å². The highest BCUT2D eigenvalue weighted by Gasteiger charge is 2.26. The van der Waals surface area contributed by atoms with E-state index in [4.69, 9.17) is 0 Å². The van der Waals surface area contributed by atoms with Crippen molar-refractivity contribution in [3.8, 4) is 0 Å². The highest BCUT2D eigenvalue weighted by Crippen LogP contribution is 2.19. The maximum Gasteiger partial charge on any atom is 0.242 e. The smallest absolute Gasteiger partial charge is 0.242 e. The van der Waals surface area contributed by atoms with Gasteiger partial charge in [0.25, 0.3) is 0 Å². The van der Waals surface area contributed by atoms with Gasteiger partial charge >= 0.3 is 0 Å². The number of carbonyl (C=O) groups excluding carboxylic acids is 1. The molecule has 1 saturated heterocycles. The molecule has 0 saturated carbocycles. The molecule has 0 aromatic heterocycles. The van der Waals surface area contributed by atoms with Gasteiger partial charge in [0.15, 0.2) is 0 Å². The molecule has 1 fully saturated rings. The minimum absolute atomic E-state index is 0.0986. The van der Waals surface area contributed by atoms with Crippen LogP contribution >= 0.6 is 0 Å². The average Bonchev–Trinajstić information content (AvgIpc) is 2.39. The Morgan fingerprint density at radius 2 is 2.05 bits per heavy atom. The Balaban J connectivity index is 2.04. The second kappa shape index (κ2) is 6.86. The summed E-state index contributed by atoms with van der Waals surface area (Å²) in [5.41, 5.74) is 1.04. The van der Waals surface area contributed by atoms with Crippen molar-refractivity contribution in [3.05, 3.63) is 35.9 Å². The van der Waals surface area contributed by atoms with Gasteiger partial charge in [0.05, 0.1) is 0 Å². The van der Waals surface area contributed by atoms with Crippen LogP contribution in [0.3, 0.4) is 0 Å². The Hall–Kier alpha value is -1.39. The topological polar surface area (TPSA) is 35.6 Å². The SMILES string of the molecule is CN1CCC[C@@H](NC(=O)[C@H](c2ccccc2)N(C)C)C1. The molecule has 1 aliphatic heterocycles. The number of nitrogens with zero attached hydrogens (tertiary/aromatic N) is 2. The first kappa shape index (κ1) is 15.0. The van der Waals surface area contributed by atoms with Gasteiger partial charge in [-0.2, -0.15) is 0 Å². The molecule has 2 atom stereocenters. The zero-order valence-corrected chi connectivity index (χ0v) is 12.7. The summed E-state index contributed by atoms with van der Waals surface area (Å²) in [6.07, 6.45) is 2.23. The molecule has 0 spiro atoms. The van der Waals surface area contributed by atoms with Crippen LogP contribution in [0.1, 0.15) is 24.4 Å². The molecular formula is C16H25N3O. The van der Waals surface area contributed by atoms with Crippen molar-refractivity contribution in [1.29, 1.82) is 0 Å². The van der Waals surface area contributed by atoms with E-state index >= 15 is 0 Å². The monoisotopic (exact) mass is 275 g/mol. The largest absolute Gasteiger partial charge is 0.350 e. The van der Waals surface area contributed by atoms with E-state index in [0.29, 0.717) is 0 Å². The van der Waals surface area contributed by atoms with Crippen molar-refractivity contribution in [2.45, 2.75) is 24.9 Å². The maximum absolute atomic E-state index is 12.6. The molecule has 4 heteroatoms. The zero-order chi connectivity index (χ0) is 14.5. The van der Waals surface area contributed by atoms with Gasteiger partial charge in [-0.15, -0.1) is 0 Å². The Kier molecular flexibility index (Phi) is 5.15. The number of likely N-dealkylation sites (N-methyl/N-ethyl adjacent to an activating group) is 2. The van der Waals surface area contributed by atoms with Gasteiger partial charge in [0, 0.05) is 12.6 Å². The fraction of sp³-hybridized carbons (Fsp3) is 0.562. The fourth-order valence-corrected chi connectivity index (χ4v) is 2.88. The van der Waals surface area contributed by atoms with Gasteiger partial charge in [-0.1, -0.05) is 30.3 Å². The lowest BCUT2D eigenvalue weighted by molar-refractivity contribution is -0.126. The van der Waals surface area contributed by atoms with Gasteiger partial charge in [0.2, 0.25) is 5.91 Å². The predicted molar refractivity (Wildman–Crippen MR) is 81.5 cm³/mol. The first-order valence-corrected chi connectivity index (χ1v) is 7.28. The molecule has 1 amide bonds.